The Hall–Kier alpha value is -3.35. The van der Waals surface area contributed by atoms with Gasteiger partial charge in [0.2, 0.25) is 0 Å². The van der Waals surface area contributed by atoms with E-state index in [9.17, 15) is 29.7 Å². The summed E-state index contributed by atoms with van der Waals surface area (Å²) >= 11 is 0. The summed E-state index contributed by atoms with van der Waals surface area (Å²) < 4.78 is 4.87. The molecule has 128 valence electrons. The fourth-order valence-electron chi connectivity index (χ4n) is 3.03. The van der Waals surface area contributed by atoms with Crippen molar-refractivity contribution in [3.05, 3.63) is 51.6 Å². The minimum Gasteiger partial charge on any atom is -0.507 e. The highest BCUT2D eigenvalue weighted by molar-refractivity contribution is 6.31. The molecule has 3 N–H and O–H groups in total. The zero-order chi connectivity index (χ0) is 18.5. The maximum Gasteiger partial charge on any atom is 0.342 e. The third-order valence-corrected chi connectivity index (χ3v) is 4.12. The predicted octanol–water partition coefficient (Wildman–Crippen LogP) is 2.06. The molecule has 2 aromatic rings. The predicted molar refractivity (Wildman–Crippen MR) is 85.4 cm³/mol. The molecule has 0 amide bonds. The number of hydrogen-bond donors (Lipinski definition) is 3. The summed E-state index contributed by atoms with van der Waals surface area (Å²) in [5.74, 6) is -3.69. The van der Waals surface area contributed by atoms with Gasteiger partial charge in [0.15, 0.2) is 11.6 Å². The summed E-state index contributed by atoms with van der Waals surface area (Å²) in [6, 6.07) is 3.21. The van der Waals surface area contributed by atoms with E-state index < -0.39 is 34.8 Å². The number of ketones is 2. The van der Waals surface area contributed by atoms with Crippen molar-refractivity contribution in [2.45, 2.75) is 13.8 Å². The molecule has 0 radical (unpaired) electrons. The number of rotatable bonds is 2. The Bertz CT molecular complexity index is 957. The molecule has 0 atom stereocenters. The normalized spacial score (nSPS) is 12.6. The summed E-state index contributed by atoms with van der Waals surface area (Å²) in [5, 5.41) is 30.0. The van der Waals surface area contributed by atoms with E-state index in [0.29, 0.717) is 0 Å². The molecule has 25 heavy (non-hydrogen) atoms. The van der Waals surface area contributed by atoms with E-state index >= 15 is 0 Å². The molecule has 0 saturated heterocycles. The number of ether oxygens (including phenoxy) is 1. The van der Waals surface area contributed by atoms with Crippen molar-refractivity contribution in [2.24, 2.45) is 0 Å². The number of aromatic hydroxyl groups is 3. The highest BCUT2D eigenvalue weighted by Crippen LogP contribution is 2.41. The molecule has 1 aliphatic rings. The maximum absolute atomic E-state index is 12.8. The van der Waals surface area contributed by atoms with E-state index in [1.165, 1.54) is 6.92 Å². The Balaban J connectivity index is 2.34. The van der Waals surface area contributed by atoms with Crippen LogP contribution in [0.2, 0.25) is 0 Å². The van der Waals surface area contributed by atoms with Crippen molar-refractivity contribution in [1.29, 1.82) is 0 Å². The van der Waals surface area contributed by atoms with Gasteiger partial charge < -0.3 is 20.1 Å². The maximum atomic E-state index is 12.8. The summed E-state index contributed by atoms with van der Waals surface area (Å²) in [7, 11) is 0. The molecule has 2 aromatic carbocycles. The molecule has 0 saturated carbocycles. The second-order valence-corrected chi connectivity index (χ2v) is 5.55. The molecule has 1 aliphatic carbocycles. The standard InChI is InChI=1S/C18H14O7/c1-3-25-18(24)13-7(2)12-8(6-11(13)21)16(22)14-9(19)4-5-10(20)15(14)17(12)23/h4-6,19-21H,3H2,1-2H3. The number of carbonyl (C=O) groups excluding carboxylic acids is 3. The third kappa shape index (κ3) is 2.24. The number of carbonyl (C=O) groups is 3. The summed E-state index contributed by atoms with van der Waals surface area (Å²) in [5.41, 5.74) is -1.08. The number of esters is 1. The molecule has 7 heteroatoms. The van der Waals surface area contributed by atoms with Gasteiger partial charge in [-0.05, 0) is 37.6 Å². The van der Waals surface area contributed by atoms with Crippen LogP contribution >= 0.6 is 0 Å². The first-order valence-corrected chi connectivity index (χ1v) is 7.47. The molecular formula is C18H14O7. The van der Waals surface area contributed by atoms with Crippen LogP contribution in [-0.4, -0.2) is 39.5 Å². The van der Waals surface area contributed by atoms with Crippen LogP contribution in [0.5, 0.6) is 17.2 Å². The average Bonchev–Trinajstić information content (AvgIpc) is 2.54. The molecule has 7 nitrogen and oxygen atoms in total. The lowest BCUT2D eigenvalue weighted by Crippen LogP contribution is -2.24. The molecule has 0 aromatic heterocycles. The van der Waals surface area contributed by atoms with Crippen molar-refractivity contribution in [3.63, 3.8) is 0 Å². The Labute approximate surface area is 142 Å². The van der Waals surface area contributed by atoms with Gasteiger partial charge >= 0.3 is 5.97 Å². The molecule has 0 aliphatic heterocycles. The van der Waals surface area contributed by atoms with Crippen LogP contribution in [0, 0.1) is 6.92 Å². The minimum atomic E-state index is -0.827. The van der Waals surface area contributed by atoms with Crippen LogP contribution in [0.1, 0.15) is 54.7 Å². The lowest BCUT2D eigenvalue weighted by molar-refractivity contribution is 0.0521. The number of hydrogen-bond acceptors (Lipinski definition) is 7. The number of phenolic OH excluding ortho intramolecular Hbond substituents is 3. The largest absolute Gasteiger partial charge is 0.507 e. The second kappa shape index (κ2) is 5.62. The first-order chi connectivity index (χ1) is 11.8. The number of benzene rings is 2. The van der Waals surface area contributed by atoms with E-state index in [-0.39, 0.29) is 40.0 Å². The molecule has 0 heterocycles. The SMILES string of the molecule is CCOC(=O)c1c(O)cc2c(c1C)C(=O)c1c(O)ccc(O)c1C2=O. The Morgan fingerprint density at radius 2 is 1.52 bits per heavy atom. The van der Waals surface area contributed by atoms with Gasteiger partial charge in [-0.15, -0.1) is 0 Å². The minimum absolute atomic E-state index is 0.0686. The first-order valence-electron chi connectivity index (χ1n) is 7.47. The van der Waals surface area contributed by atoms with E-state index in [1.807, 2.05) is 0 Å². The molecule has 0 fully saturated rings. The Kier molecular flexibility index (Phi) is 3.71. The Morgan fingerprint density at radius 1 is 0.960 bits per heavy atom. The highest BCUT2D eigenvalue weighted by atomic mass is 16.5. The van der Waals surface area contributed by atoms with E-state index in [2.05, 4.69) is 0 Å². The topological polar surface area (TPSA) is 121 Å². The van der Waals surface area contributed by atoms with Crippen molar-refractivity contribution in [2.75, 3.05) is 6.61 Å². The lowest BCUT2D eigenvalue weighted by Gasteiger charge is -2.22. The van der Waals surface area contributed by atoms with Gasteiger partial charge in [0, 0.05) is 11.1 Å². The molecule has 3 rings (SSSR count). The van der Waals surface area contributed by atoms with Crippen LogP contribution in [0.4, 0.5) is 0 Å². The van der Waals surface area contributed by atoms with E-state index in [4.69, 9.17) is 4.74 Å². The Morgan fingerprint density at radius 3 is 2.08 bits per heavy atom. The van der Waals surface area contributed by atoms with Crippen molar-refractivity contribution < 1.29 is 34.4 Å². The fraction of sp³-hybridized carbons (Fsp3) is 0.167. The quantitative estimate of drug-likeness (QED) is 0.481. The van der Waals surface area contributed by atoms with Gasteiger partial charge in [0.25, 0.3) is 0 Å². The van der Waals surface area contributed by atoms with Crippen LogP contribution < -0.4 is 0 Å². The van der Waals surface area contributed by atoms with Crippen LogP contribution in [-0.2, 0) is 4.74 Å². The van der Waals surface area contributed by atoms with Gasteiger partial charge in [-0.2, -0.15) is 0 Å². The average molecular weight is 342 g/mol. The zero-order valence-electron chi connectivity index (χ0n) is 13.4. The van der Waals surface area contributed by atoms with Gasteiger partial charge in [0.1, 0.15) is 22.8 Å². The van der Waals surface area contributed by atoms with Crippen molar-refractivity contribution in [3.8, 4) is 17.2 Å². The number of fused-ring (bicyclic) bond motifs is 2. The van der Waals surface area contributed by atoms with Crippen LogP contribution in [0.3, 0.4) is 0 Å². The number of phenols is 3. The van der Waals surface area contributed by atoms with Gasteiger partial charge in [-0.3, -0.25) is 9.59 Å². The van der Waals surface area contributed by atoms with Crippen molar-refractivity contribution in [1.82, 2.24) is 0 Å². The second-order valence-electron chi connectivity index (χ2n) is 5.55. The van der Waals surface area contributed by atoms with Gasteiger partial charge in [-0.1, -0.05) is 0 Å². The van der Waals surface area contributed by atoms with Crippen molar-refractivity contribution >= 4 is 17.5 Å². The molecular weight excluding hydrogens is 328 g/mol. The van der Waals surface area contributed by atoms with E-state index in [0.717, 1.165) is 18.2 Å². The summed E-state index contributed by atoms with van der Waals surface area (Å²) in [6.07, 6.45) is 0. The summed E-state index contributed by atoms with van der Waals surface area (Å²) in [4.78, 5) is 37.6. The summed E-state index contributed by atoms with van der Waals surface area (Å²) in [6.45, 7) is 3.06. The molecule has 0 bridgehead atoms. The fourth-order valence-corrected chi connectivity index (χ4v) is 3.03. The smallest absolute Gasteiger partial charge is 0.342 e. The highest BCUT2D eigenvalue weighted by Gasteiger charge is 2.37. The lowest BCUT2D eigenvalue weighted by atomic mass is 9.79. The monoisotopic (exact) mass is 342 g/mol. The molecule has 0 spiro atoms. The zero-order valence-corrected chi connectivity index (χ0v) is 13.4. The van der Waals surface area contributed by atoms with Crippen LogP contribution in [0.15, 0.2) is 18.2 Å². The third-order valence-electron chi connectivity index (χ3n) is 4.12. The van der Waals surface area contributed by atoms with Crippen LogP contribution in [0.25, 0.3) is 0 Å². The van der Waals surface area contributed by atoms with Gasteiger partial charge in [0.05, 0.1) is 17.7 Å². The van der Waals surface area contributed by atoms with E-state index in [1.54, 1.807) is 6.92 Å². The molecule has 0 unspecified atom stereocenters. The first kappa shape index (κ1) is 16.5. The van der Waals surface area contributed by atoms with Gasteiger partial charge in [-0.25, -0.2) is 4.79 Å².